The molecule has 3 rings (SSSR count). The van der Waals surface area contributed by atoms with E-state index in [1.807, 2.05) is 44.4 Å². The lowest BCUT2D eigenvalue weighted by molar-refractivity contribution is -0.143. The lowest BCUT2D eigenvalue weighted by Gasteiger charge is -2.42. The third kappa shape index (κ3) is 6.57. The Labute approximate surface area is 201 Å². The van der Waals surface area contributed by atoms with E-state index in [2.05, 4.69) is 10.2 Å². The maximum absolute atomic E-state index is 13.3. The van der Waals surface area contributed by atoms with Crippen LogP contribution in [0.2, 0.25) is 0 Å². The van der Waals surface area contributed by atoms with Crippen LogP contribution in [0.4, 0.5) is 26.3 Å². The predicted molar refractivity (Wildman–Crippen MR) is 122 cm³/mol. The van der Waals surface area contributed by atoms with E-state index >= 15 is 0 Å². The summed E-state index contributed by atoms with van der Waals surface area (Å²) in [5.41, 5.74) is -3.03. The van der Waals surface area contributed by atoms with Crippen LogP contribution in [0.25, 0.3) is 0 Å². The monoisotopic (exact) mass is 500 g/mol. The zero-order valence-electron chi connectivity index (χ0n) is 19.9. The number of nitrogens with zero attached hydrogens (tertiary/aromatic N) is 1. The lowest BCUT2D eigenvalue weighted by Crippen LogP contribution is -2.50. The SMILES string of the molecule is CC(C(=O)N[C@]1(c2ccccc2)CC[C@@H](CN(C)C)CC1)c1cc(C(F)(F)F)cc(C(F)(F)F)c1. The normalized spacial score (nSPS) is 22.2. The van der Waals surface area contributed by atoms with Gasteiger partial charge in [-0.1, -0.05) is 30.3 Å². The van der Waals surface area contributed by atoms with Gasteiger partial charge in [0.25, 0.3) is 0 Å². The van der Waals surface area contributed by atoms with E-state index in [1.165, 1.54) is 6.92 Å². The third-order valence-electron chi connectivity index (χ3n) is 6.77. The zero-order chi connectivity index (χ0) is 26.0. The molecule has 1 saturated carbocycles. The Kier molecular flexibility index (Phi) is 7.89. The Morgan fingerprint density at radius 1 is 0.971 bits per heavy atom. The van der Waals surface area contributed by atoms with Crippen molar-refractivity contribution in [3.05, 3.63) is 70.8 Å². The van der Waals surface area contributed by atoms with Gasteiger partial charge in [0, 0.05) is 6.54 Å². The van der Waals surface area contributed by atoms with Crippen LogP contribution in [-0.2, 0) is 22.7 Å². The second-order valence-corrected chi connectivity index (χ2v) is 9.70. The molecule has 1 amide bonds. The van der Waals surface area contributed by atoms with Crippen LogP contribution in [0, 0.1) is 5.92 Å². The first-order valence-corrected chi connectivity index (χ1v) is 11.5. The Hall–Kier alpha value is -2.55. The van der Waals surface area contributed by atoms with Gasteiger partial charge in [-0.3, -0.25) is 4.79 Å². The van der Waals surface area contributed by atoms with Gasteiger partial charge in [0.2, 0.25) is 5.91 Å². The quantitative estimate of drug-likeness (QED) is 0.454. The fourth-order valence-corrected chi connectivity index (χ4v) is 4.84. The van der Waals surface area contributed by atoms with Crippen LogP contribution in [0.15, 0.2) is 48.5 Å². The maximum atomic E-state index is 13.3. The van der Waals surface area contributed by atoms with Crippen LogP contribution in [0.1, 0.15) is 60.8 Å². The fourth-order valence-electron chi connectivity index (χ4n) is 4.84. The molecule has 192 valence electrons. The molecule has 35 heavy (non-hydrogen) atoms. The highest BCUT2D eigenvalue weighted by Crippen LogP contribution is 2.41. The minimum atomic E-state index is -4.97. The Morgan fingerprint density at radius 2 is 1.49 bits per heavy atom. The van der Waals surface area contributed by atoms with E-state index in [4.69, 9.17) is 0 Å². The smallest absolute Gasteiger partial charge is 0.346 e. The van der Waals surface area contributed by atoms with Crippen LogP contribution >= 0.6 is 0 Å². The predicted octanol–water partition coefficient (Wildman–Crippen LogP) is 6.59. The highest BCUT2D eigenvalue weighted by atomic mass is 19.4. The summed E-state index contributed by atoms with van der Waals surface area (Å²) in [4.78, 5) is 15.4. The molecule has 0 heterocycles. The number of amides is 1. The van der Waals surface area contributed by atoms with Gasteiger partial charge in [0.05, 0.1) is 22.6 Å². The summed E-state index contributed by atoms with van der Waals surface area (Å²) in [6.07, 6.45) is -7.01. The van der Waals surface area contributed by atoms with Gasteiger partial charge in [-0.15, -0.1) is 0 Å². The summed E-state index contributed by atoms with van der Waals surface area (Å²) < 4.78 is 79.9. The van der Waals surface area contributed by atoms with Crippen LogP contribution in [0.3, 0.4) is 0 Å². The summed E-state index contributed by atoms with van der Waals surface area (Å²) in [7, 11) is 3.99. The van der Waals surface area contributed by atoms with Crippen LogP contribution < -0.4 is 5.32 Å². The van der Waals surface area contributed by atoms with Crippen molar-refractivity contribution in [2.75, 3.05) is 20.6 Å². The molecule has 9 heteroatoms. The fraction of sp³-hybridized carbons (Fsp3) is 0.500. The molecule has 2 aromatic rings. The summed E-state index contributed by atoms with van der Waals surface area (Å²) in [5.74, 6) is -1.38. The lowest BCUT2D eigenvalue weighted by atomic mass is 9.72. The second kappa shape index (κ2) is 10.2. The first kappa shape index (κ1) is 27.0. The largest absolute Gasteiger partial charge is 0.416 e. The van der Waals surface area contributed by atoms with Crippen molar-refractivity contribution >= 4 is 5.91 Å². The molecule has 1 aliphatic carbocycles. The number of benzene rings is 2. The first-order chi connectivity index (χ1) is 16.2. The maximum Gasteiger partial charge on any atom is 0.416 e. The van der Waals surface area contributed by atoms with Crippen molar-refractivity contribution in [1.29, 1.82) is 0 Å². The third-order valence-corrected chi connectivity index (χ3v) is 6.77. The second-order valence-electron chi connectivity index (χ2n) is 9.70. The van der Waals surface area contributed by atoms with Crippen molar-refractivity contribution < 1.29 is 31.1 Å². The van der Waals surface area contributed by atoms with E-state index in [-0.39, 0.29) is 11.6 Å². The molecular weight excluding hydrogens is 470 g/mol. The number of nitrogens with one attached hydrogen (secondary N) is 1. The Morgan fingerprint density at radius 3 is 1.94 bits per heavy atom. The Bertz CT molecular complexity index is 976. The molecule has 3 nitrogen and oxygen atoms in total. The molecule has 1 unspecified atom stereocenters. The van der Waals surface area contributed by atoms with E-state index in [9.17, 15) is 31.1 Å². The van der Waals surface area contributed by atoms with Crippen molar-refractivity contribution in [2.24, 2.45) is 5.92 Å². The molecule has 0 saturated heterocycles. The number of halogens is 6. The Balaban J connectivity index is 1.91. The van der Waals surface area contributed by atoms with Crippen molar-refractivity contribution in [2.45, 2.75) is 56.4 Å². The average Bonchev–Trinajstić information content (AvgIpc) is 2.78. The summed E-state index contributed by atoms with van der Waals surface area (Å²) in [6, 6.07) is 10.7. The molecule has 1 fully saturated rings. The van der Waals surface area contributed by atoms with Gasteiger partial charge in [-0.2, -0.15) is 26.3 Å². The molecule has 1 atom stereocenters. The molecule has 0 aromatic heterocycles. The topological polar surface area (TPSA) is 32.3 Å². The number of carbonyl (C=O) groups is 1. The molecule has 0 spiro atoms. The van der Waals surface area contributed by atoms with E-state index in [0.29, 0.717) is 30.9 Å². The van der Waals surface area contributed by atoms with E-state index in [0.717, 1.165) is 24.9 Å². The number of carbonyl (C=O) groups excluding carboxylic acids is 1. The molecule has 0 radical (unpaired) electrons. The summed E-state index contributed by atoms with van der Waals surface area (Å²) >= 11 is 0. The summed E-state index contributed by atoms with van der Waals surface area (Å²) in [5, 5.41) is 3.02. The number of hydrogen-bond acceptors (Lipinski definition) is 2. The zero-order valence-corrected chi connectivity index (χ0v) is 19.9. The minimum absolute atomic E-state index is 0.0750. The molecule has 1 aliphatic rings. The van der Waals surface area contributed by atoms with Crippen molar-refractivity contribution in [3.63, 3.8) is 0 Å². The molecular formula is C26H30F6N2O. The van der Waals surface area contributed by atoms with E-state index < -0.39 is 40.8 Å². The van der Waals surface area contributed by atoms with Gasteiger partial charge >= 0.3 is 12.4 Å². The molecule has 1 N–H and O–H groups in total. The van der Waals surface area contributed by atoms with Gasteiger partial charge < -0.3 is 10.2 Å². The summed E-state index contributed by atoms with van der Waals surface area (Å²) in [6.45, 7) is 2.24. The highest BCUT2D eigenvalue weighted by molar-refractivity contribution is 5.84. The minimum Gasteiger partial charge on any atom is -0.346 e. The molecule has 0 bridgehead atoms. The van der Waals surface area contributed by atoms with Gasteiger partial charge in [0.1, 0.15) is 0 Å². The van der Waals surface area contributed by atoms with E-state index in [1.54, 1.807) is 0 Å². The van der Waals surface area contributed by atoms with Gasteiger partial charge in [0.15, 0.2) is 0 Å². The number of rotatable bonds is 6. The number of hydrogen-bond donors (Lipinski definition) is 1. The van der Waals surface area contributed by atoms with Gasteiger partial charge in [-0.25, -0.2) is 0 Å². The first-order valence-electron chi connectivity index (χ1n) is 11.5. The number of alkyl halides is 6. The highest BCUT2D eigenvalue weighted by Gasteiger charge is 2.41. The van der Waals surface area contributed by atoms with Crippen LogP contribution in [-0.4, -0.2) is 31.4 Å². The van der Waals surface area contributed by atoms with Crippen LogP contribution in [0.5, 0.6) is 0 Å². The molecule has 2 aromatic carbocycles. The molecule has 0 aliphatic heterocycles. The average molecular weight is 501 g/mol. The van der Waals surface area contributed by atoms with Gasteiger partial charge in [-0.05, 0) is 81.9 Å². The van der Waals surface area contributed by atoms with Crippen molar-refractivity contribution in [3.8, 4) is 0 Å². The standard InChI is InChI=1S/C26H30F6N2O/c1-17(19-13-21(25(27,28)29)15-22(14-19)26(30,31)32)23(35)33-24(20-7-5-4-6-8-20)11-9-18(10-12-24)16-34(2)3/h4-8,13-15,17-18H,9-12,16H2,1-3H3,(H,33,35)/t17?,18-,24-. The van der Waals surface area contributed by atoms with Crippen molar-refractivity contribution in [1.82, 2.24) is 10.2 Å².